The zero-order valence-electron chi connectivity index (χ0n) is 15.4. The Morgan fingerprint density at radius 1 is 1.11 bits per heavy atom. The minimum absolute atomic E-state index is 0.188. The van der Waals surface area contributed by atoms with E-state index < -0.39 is 0 Å². The van der Waals surface area contributed by atoms with Gasteiger partial charge in [0.2, 0.25) is 5.91 Å². The third-order valence-corrected chi connectivity index (χ3v) is 5.53. The molecule has 2 aromatic carbocycles. The molecule has 7 heteroatoms. The first kappa shape index (κ1) is 18.1. The van der Waals surface area contributed by atoms with Crippen molar-refractivity contribution in [3.63, 3.8) is 0 Å². The van der Waals surface area contributed by atoms with Crippen LogP contribution in [0.2, 0.25) is 0 Å². The minimum atomic E-state index is -0.241. The number of carbonyl (C=O) groups is 2. The monoisotopic (exact) mass is 394 g/mol. The molecule has 6 nitrogen and oxygen atoms in total. The Labute approximate surface area is 166 Å². The second kappa shape index (κ2) is 7.36. The van der Waals surface area contributed by atoms with Crippen LogP contribution in [-0.4, -0.2) is 18.9 Å². The van der Waals surface area contributed by atoms with Gasteiger partial charge in [-0.3, -0.25) is 9.59 Å². The summed E-state index contributed by atoms with van der Waals surface area (Å²) in [6.45, 7) is 1.87. The van der Waals surface area contributed by atoms with Crippen LogP contribution in [0.1, 0.15) is 22.2 Å². The standard InChI is InChI=1S/C21H18N2O4S/c1-12(24)22-14-7-8-18(26-2)16(10-14)23-21(25)19-9-13-11-27-17-6-4-3-5-15(17)20(13)28-19/h3-10H,11H2,1-2H3,(H,22,24)(H,23,25). The molecule has 0 bridgehead atoms. The fraction of sp³-hybridized carbons (Fsp3) is 0.143. The van der Waals surface area contributed by atoms with E-state index >= 15 is 0 Å². The van der Waals surface area contributed by atoms with Crippen LogP contribution in [-0.2, 0) is 11.4 Å². The van der Waals surface area contributed by atoms with Crippen molar-refractivity contribution in [1.82, 2.24) is 0 Å². The number of anilines is 2. The van der Waals surface area contributed by atoms with Crippen molar-refractivity contribution in [1.29, 1.82) is 0 Å². The summed E-state index contributed by atoms with van der Waals surface area (Å²) in [6.07, 6.45) is 0. The molecule has 1 aliphatic heterocycles. The predicted octanol–water partition coefficient (Wildman–Crippen LogP) is 4.53. The lowest BCUT2D eigenvalue weighted by molar-refractivity contribution is -0.114. The van der Waals surface area contributed by atoms with E-state index in [-0.39, 0.29) is 11.8 Å². The van der Waals surface area contributed by atoms with Gasteiger partial charge in [-0.05, 0) is 36.4 Å². The first-order valence-corrected chi connectivity index (χ1v) is 9.48. The molecule has 0 spiro atoms. The molecule has 2 amide bonds. The summed E-state index contributed by atoms with van der Waals surface area (Å²) in [5.74, 6) is 0.910. The molecule has 0 fully saturated rings. The van der Waals surface area contributed by atoms with Crippen molar-refractivity contribution < 1.29 is 19.1 Å². The second-order valence-electron chi connectivity index (χ2n) is 6.30. The highest BCUT2D eigenvalue weighted by molar-refractivity contribution is 7.17. The van der Waals surface area contributed by atoms with Crippen molar-refractivity contribution in [3.05, 3.63) is 59.0 Å². The highest BCUT2D eigenvalue weighted by atomic mass is 32.1. The molecular weight excluding hydrogens is 376 g/mol. The maximum Gasteiger partial charge on any atom is 0.265 e. The molecule has 0 saturated carbocycles. The number of para-hydroxylation sites is 1. The molecule has 0 aliphatic carbocycles. The molecule has 2 heterocycles. The first-order chi connectivity index (χ1) is 13.5. The third-order valence-electron chi connectivity index (χ3n) is 4.32. The van der Waals surface area contributed by atoms with Crippen LogP contribution in [0.25, 0.3) is 10.4 Å². The van der Waals surface area contributed by atoms with Crippen LogP contribution in [0.3, 0.4) is 0 Å². The Kier molecular flexibility index (Phi) is 4.75. The Hall–Kier alpha value is -3.32. The third kappa shape index (κ3) is 3.44. The van der Waals surface area contributed by atoms with Gasteiger partial charge in [-0.1, -0.05) is 12.1 Å². The zero-order chi connectivity index (χ0) is 19.7. The summed E-state index contributed by atoms with van der Waals surface area (Å²) in [4.78, 5) is 25.8. The summed E-state index contributed by atoms with van der Waals surface area (Å²) >= 11 is 1.43. The van der Waals surface area contributed by atoms with Crippen molar-refractivity contribution in [3.8, 4) is 21.9 Å². The average molecular weight is 394 g/mol. The van der Waals surface area contributed by atoms with Gasteiger partial charge in [0.25, 0.3) is 5.91 Å². The summed E-state index contributed by atoms with van der Waals surface area (Å²) in [5, 5.41) is 5.58. The van der Waals surface area contributed by atoms with Crippen LogP contribution >= 0.6 is 11.3 Å². The maximum atomic E-state index is 12.9. The number of hydrogen-bond acceptors (Lipinski definition) is 5. The number of rotatable bonds is 4. The second-order valence-corrected chi connectivity index (χ2v) is 7.35. The molecule has 3 aromatic rings. The van der Waals surface area contributed by atoms with E-state index in [9.17, 15) is 9.59 Å². The number of methoxy groups -OCH3 is 1. The van der Waals surface area contributed by atoms with Crippen LogP contribution in [0, 0.1) is 0 Å². The molecule has 0 unspecified atom stereocenters. The van der Waals surface area contributed by atoms with Crippen molar-refractivity contribution in [2.24, 2.45) is 0 Å². The highest BCUT2D eigenvalue weighted by Crippen LogP contribution is 2.42. The van der Waals surface area contributed by atoms with E-state index in [1.807, 2.05) is 30.3 Å². The molecule has 28 heavy (non-hydrogen) atoms. The van der Waals surface area contributed by atoms with Gasteiger partial charge in [-0.15, -0.1) is 11.3 Å². The van der Waals surface area contributed by atoms with Gasteiger partial charge in [-0.25, -0.2) is 0 Å². The largest absolute Gasteiger partial charge is 0.495 e. The number of fused-ring (bicyclic) bond motifs is 3. The van der Waals surface area contributed by atoms with Gasteiger partial charge in [0.15, 0.2) is 0 Å². The van der Waals surface area contributed by atoms with E-state index in [1.54, 1.807) is 18.2 Å². The minimum Gasteiger partial charge on any atom is -0.495 e. The van der Waals surface area contributed by atoms with E-state index in [0.717, 1.165) is 21.8 Å². The molecule has 2 N–H and O–H groups in total. The van der Waals surface area contributed by atoms with Crippen LogP contribution in [0.5, 0.6) is 11.5 Å². The summed E-state index contributed by atoms with van der Waals surface area (Å²) in [7, 11) is 1.53. The number of thiophene rings is 1. The quantitative estimate of drug-likeness (QED) is 0.682. The Balaban J connectivity index is 1.62. The molecule has 0 atom stereocenters. The SMILES string of the molecule is COc1ccc(NC(C)=O)cc1NC(=O)c1cc2c(s1)-c1ccccc1OC2. The lowest BCUT2D eigenvalue weighted by atomic mass is 10.1. The smallest absolute Gasteiger partial charge is 0.265 e. The number of nitrogens with one attached hydrogen (secondary N) is 2. The normalized spacial score (nSPS) is 11.6. The average Bonchev–Trinajstić information content (AvgIpc) is 3.13. The summed E-state index contributed by atoms with van der Waals surface area (Å²) < 4.78 is 11.1. The number of ether oxygens (including phenoxy) is 2. The van der Waals surface area contributed by atoms with Gasteiger partial charge >= 0.3 is 0 Å². The van der Waals surface area contributed by atoms with E-state index in [0.29, 0.717) is 28.6 Å². The fourth-order valence-corrected chi connectivity index (χ4v) is 4.17. The molecule has 1 aromatic heterocycles. The maximum absolute atomic E-state index is 12.9. The molecule has 0 radical (unpaired) electrons. The van der Waals surface area contributed by atoms with Gasteiger partial charge in [0.1, 0.15) is 18.1 Å². The van der Waals surface area contributed by atoms with Crippen molar-refractivity contribution in [2.45, 2.75) is 13.5 Å². The Morgan fingerprint density at radius 2 is 1.93 bits per heavy atom. The van der Waals surface area contributed by atoms with E-state index in [1.165, 1.54) is 25.4 Å². The first-order valence-electron chi connectivity index (χ1n) is 8.67. The number of carbonyl (C=O) groups excluding carboxylic acids is 2. The molecule has 142 valence electrons. The molecule has 1 aliphatic rings. The molecular formula is C21H18N2O4S. The lowest BCUT2D eigenvalue weighted by Crippen LogP contribution is -2.12. The predicted molar refractivity (Wildman–Crippen MR) is 109 cm³/mol. The van der Waals surface area contributed by atoms with Gasteiger partial charge < -0.3 is 20.1 Å². The van der Waals surface area contributed by atoms with Crippen LogP contribution < -0.4 is 20.1 Å². The van der Waals surface area contributed by atoms with Gasteiger partial charge in [-0.2, -0.15) is 0 Å². The summed E-state index contributed by atoms with van der Waals surface area (Å²) in [6, 6.07) is 14.7. The molecule has 0 saturated heterocycles. The van der Waals surface area contributed by atoms with Crippen molar-refractivity contribution >= 4 is 34.5 Å². The van der Waals surface area contributed by atoms with Crippen LogP contribution in [0.15, 0.2) is 48.5 Å². The zero-order valence-corrected chi connectivity index (χ0v) is 16.2. The van der Waals surface area contributed by atoms with Crippen LogP contribution in [0.4, 0.5) is 11.4 Å². The van der Waals surface area contributed by atoms with Gasteiger partial charge in [0, 0.05) is 28.6 Å². The Morgan fingerprint density at radius 3 is 2.71 bits per heavy atom. The number of benzene rings is 2. The topological polar surface area (TPSA) is 76.7 Å². The highest BCUT2D eigenvalue weighted by Gasteiger charge is 2.23. The van der Waals surface area contributed by atoms with Crippen molar-refractivity contribution in [2.75, 3.05) is 17.7 Å². The van der Waals surface area contributed by atoms with E-state index in [4.69, 9.17) is 9.47 Å². The van der Waals surface area contributed by atoms with E-state index in [2.05, 4.69) is 10.6 Å². The number of hydrogen-bond donors (Lipinski definition) is 2. The van der Waals surface area contributed by atoms with Gasteiger partial charge in [0.05, 0.1) is 17.7 Å². The molecule has 4 rings (SSSR count). The summed E-state index contributed by atoms with van der Waals surface area (Å²) in [5.41, 5.74) is 3.06. The lowest BCUT2D eigenvalue weighted by Gasteiger charge is -2.16. The fourth-order valence-electron chi connectivity index (χ4n) is 3.08. The Bertz CT molecular complexity index is 1070. The number of amides is 2.